The van der Waals surface area contributed by atoms with Crippen LogP contribution in [-0.4, -0.2) is 44.9 Å². The molecular weight excluding hydrogens is 250 g/mol. The summed E-state index contributed by atoms with van der Waals surface area (Å²) in [5, 5.41) is 27.8. The van der Waals surface area contributed by atoms with Crippen molar-refractivity contribution in [3.8, 4) is 0 Å². The Balaban J connectivity index is 2.93. The normalized spacial score (nSPS) is 11.9. The topological polar surface area (TPSA) is 112 Å². The molecule has 0 spiro atoms. The van der Waals surface area contributed by atoms with Gasteiger partial charge in [-0.3, -0.25) is 4.79 Å². The fraction of sp³-hybridized carbons (Fsp3) is 0.500. The van der Waals surface area contributed by atoms with Crippen molar-refractivity contribution >= 4 is 11.9 Å². The Morgan fingerprint density at radius 2 is 2.11 bits per heavy atom. The molecule has 1 aromatic rings. The number of nitrogens with one attached hydrogen (secondary N) is 1. The molecule has 0 saturated carbocycles. The lowest BCUT2D eigenvalue weighted by Gasteiger charge is -2.14. The zero-order valence-corrected chi connectivity index (χ0v) is 10.9. The van der Waals surface area contributed by atoms with E-state index in [1.165, 1.54) is 0 Å². The van der Waals surface area contributed by atoms with Crippen LogP contribution < -0.4 is 5.32 Å². The second-order valence-corrected chi connectivity index (χ2v) is 4.08. The highest BCUT2D eigenvalue weighted by Crippen LogP contribution is 2.08. The number of amides is 1. The average molecular weight is 267 g/mol. The van der Waals surface area contributed by atoms with E-state index in [2.05, 4.69) is 15.5 Å². The molecule has 1 amide bonds. The van der Waals surface area contributed by atoms with Gasteiger partial charge in [-0.15, -0.1) is 0 Å². The van der Waals surface area contributed by atoms with E-state index in [9.17, 15) is 9.59 Å². The Bertz CT molecular complexity index is 476. The molecule has 3 N–H and O–H groups in total. The summed E-state index contributed by atoms with van der Waals surface area (Å²) >= 11 is 0. The number of hydrogen-bond acceptors (Lipinski definition) is 5. The van der Waals surface area contributed by atoms with Gasteiger partial charge in [0.15, 0.2) is 0 Å². The number of aromatic nitrogens is 2. The van der Waals surface area contributed by atoms with Crippen LogP contribution in [0.1, 0.15) is 35.1 Å². The third-order valence-corrected chi connectivity index (χ3v) is 2.59. The molecule has 1 heterocycles. The quantitative estimate of drug-likeness (QED) is 0.664. The average Bonchev–Trinajstić information content (AvgIpc) is 2.37. The highest BCUT2D eigenvalue weighted by atomic mass is 16.4. The number of carbonyl (C=O) groups excluding carboxylic acids is 1. The minimum Gasteiger partial charge on any atom is -0.480 e. The van der Waals surface area contributed by atoms with E-state index in [1.54, 1.807) is 13.0 Å². The highest BCUT2D eigenvalue weighted by Gasteiger charge is 2.22. The van der Waals surface area contributed by atoms with Gasteiger partial charge in [0.05, 0.1) is 17.0 Å². The Morgan fingerprint density at radius 3 is 2.63 bits per heavy atom. The van der Waals surface area contributed by atoms with E-state index in [-0.39, 0.29) is 13.0 Å². The number of aliphatic hydroxyl groups excluding tert-OH is 1. The van der Waals surface area contributed by atoms with Crippen molar-refractivity contribution in [1.29, 1.82) is 0 Å². The number of carboxylic acid groups (broad SMARTS) is 1. The van der Waals surface area contributed by atoms with E-state index < -0.39 is 17.9 Å². The van der Waals surface area contributed by atoms with Crippen LogP contribution in [0.5, 0.6) is 0 Å². The summed E-state index contributed by atoms with van der Waals surface area (Å²) in [6.45, 7) is 3.22. The molecule has 19 heavy (non-hydrogen) atoms. The molecule has 1 atom stereocenters. The summed E-state index contributed by atoms with van der Waals surface area (Å²) in [7, 11) is 0. The lowest BCUT2D eigenvalue weighted by Crippen LogP contribution is -2.41. The number of rotatable bonds is 6. The Hall–Kier alpha value is -2.02. The van der Waals surface area contributed by atoms with Gasteiger partial charge in [-0.2, -0.15) is 10.2 Å². The third kappa shape index (κ3) is 3.99. The molecule has 7 heteroatoms. The molecule has 0 aliphatic rings. The summed E-state index contributed by atoms with van der Waals surface area (Å²) < 4.78 is 0. The molecule has 0 aliphatic heterocycles. The van der Waals surface area contributed by atoms with Crippen molar-refractivity contribution in [3.05, 3.63) is 23.0 Å². The first-order valence-corrected chi connectivity index (χ1v) is 5.97. The maximum absolute atomic E-state index is 12.0. The van der Waals surface area contributed by atoms with Crippen molar-refractivity contribution in [2.24, 2.45) is 0 Å². The Morgan fingerprint density at radius 1 is 1.42 bits per heavy atom. The summed E-state index contributed by atoms with van der Waals surface area (Å²) in [6.07, 6.45) is 0.480. The van der Waals surface area contributed by atoms with Crippen molar-refractivity contribution in [3.63, 3.8) is 0 Å². The second-order valence-electron chi connectivity index (χ2n) is 4.08. The van der Waals surface area contributed by atoms with Crippen LogP contribution in [0, 0.1) is 6.92 Å². The Kier molecular flexibility index (Phi) is 5.37. The van der Waals surface area contributed by atoms with Gasteiger partial charge >= 0.3 is 5.97 Å². The number of aliphatic hydroxyl groups is 1. The van der Waals surface area contributed by atoms with Crippen molar-refractivity contribution < 1.29 is 19.8 Å². The van der Waals surface area contributed by atoms with Crippen LogP contribution in [0.25, 0.3) is 0 Å². The molecule has 0 radical (unpaired) electrons. The van der Waals surface area contributed by atoms with Gasteiger partial charge in [0.1, 0.15) is 6.04 Å². The highest BCUT2D eigenvalue weighted by molar-refractivity contribution is 5.97. The predicted molar refractivity (Wildman–Crippen MR) is 66.7 cm³/mol. The lowest BCUT2D eigenvalue weighted by molar-refractivity contribution is -0.139. The van der Waals surface area contributed by atoms with Gasteiger partial charge in [0, 0.05) is 13.0 Å². The van der Waals surface area contributed by atoms with Crippen molar-refractivity contribution in [1.82, 2.24) is 15.5 Å². The van der Waals surface area contributed by atoms with Gasteiger partial charge in [-0.25, -0.2) is 4.79 Å². The summed E-state index contributed by atoms with van der Waals surface area (Å²) in [4.78, 5) is 23.0. The van der Waals surface area contributed by atoms with Crippen LogP contribution in [-0.2, 0) is 11.2 Å². The van der Waals surface area contributed by atoms with Gasteiger partial charge in [-0.05, 0) is 19.4 Å². The van der Waals surface area contributed by atoms with Crippen LogP contribution in [0.4, 0.5) is 0 Å². The van der Waals surface area contributed by atoms with Crippen LogP contribution in [0.15, 0.2) is 6.07 Å². The van der Waals surface area contributed by atoms with Crippen LogP contribution in [0.2, 0.25) is 0 Å². The first-order chi connectivity index (χ1) is 8.99. The maximum atomic E-state index is 12.0. The van der Waals surface area contributed by atoms with E-state index in [0.717, 1.165) is 0 Å². The number of carboxylic acids is 1. The number of nitrogens with zero attached hydrogens (tertiary/aromatic N) is 2. The Labute approximate surface area is 110 Å². The number of aliphatic carboxylic acids is 1. The minimum absolute atomic E-state index is 0.0416. The molecule has 1 aromatic heterocycles. The van der Waals surface area contributed by atoms with E-state index >= 15 is 0 Å². The lowest BCUT2D eigenvalue weighted by atomic mass is 10.1. The zero-order valence-electron chi connectivity index (χ0n) is 10.9. The molecular formula is C12H17N3O4. The van der Waals surface area contributed by atoms with Crippen molar-refractivity contribution in [2.75, 3.05) is 6.61 Å². The summed E-state index contributed by atoms with van der Waals surface area (Å²) in [6, 6.07) is 0.453. The number of hydrogen-bond donors (Lipinski definition) is 3. The maximum Gasteiger partial charge on any atom is 0.326 e. The van der Waals surface area contributed by atoms with Crippen LogP contribution in [0.3, 0.4) is 0 Å². The predicted octanol–water partition coefficient (Wildman–Crippen LogP) is -0.0872. The molecule has 0 aromatic carbocycles. The van der Waals surface area contributed by atoms with Gasteiger partial charge < -0.3 is 15.5 Å². The standard InChI is InChI=1S/C12H17N3O4/c1-3-9-8(6-7(2)14-15-9)11(17)13-10(4-5-16)12(18)19/h6,10,16H,3-5H2,1-2H3,(H,13,17)(H,18,19)/t10-/m1/s1. The molecule has 0 unspecified atom stereocenters. The summed E-state index contributed by atoms with van der Waals surface area (Å²) in [5.74, 6) is -1.70. The molecule has 0 bridgehead atoms. The zero-order chi connectivity index (χ0) is 14.4. The first-order valence-electron chi connectivity index (χ1n) is 5.97. The summed E-state index contributed by atoms with van der Waals surface area (Å²) in [5.41, 5.74) is 1.41. The molecule has 104 valence electrons. The number of aryl methyl sites for hydroxylation is 2. The molecule has 0 fully saturated rings. The second kappa shape index (κ2) is 6.79. The third-order valence-electron chi connectivity index (χ3n) is 2.59. The molecule has 0 aliphatic carbocycles. The fourth-order valence-electron chi connectivity index (χ4n) is 1.59. The number of carbonyl (C=O) groups is 2. The van der Waals surface area contributed by atoms with E-state index in [0.29, 0.717) is 23.4 Å². The monoisotopic (exact) mass is 267 g/mol. The van der Waals surface area contributed by atoms with Crippen molar-refractivity contribution in [2.45, 2.75) is 32.7 Å². The van der Waals surface area contributed by atoms with Gasteiger partial charge in [0.25, 0.3) is 5.91 Å². The molecule has 7 nitrogen and oxygen atoms in total. The fourth-order valence-corrected chi connectivity index (χ4v) is 1.59. The van der Waals surface area contributed by atoms with Gasteiger partial charge in [0.2, 0.25) is 0 Å². The molecule has 1 rings (SSSR count). The van der Waals surface area contributed by atoms with E-state index in [4.69, 9.17) is 10.2 Å². The van der Waals surface area contributed by atoms with E-state index in [1.807, 2.05) is 6.92 Å². The minimum atomic E-state index is -1.18. The van der Waals surface area contributed by atoms with Gasteiger partial charge in [-0.1, -0.05) is 6.92 Å². The van der Waals surface area contributed by atoms with Crippen LogP contribution >= 0.6 is 0 Å². The SMILES string of the molecule is CCc1nnc(C)cc1C(=O)N[C@H](CCO)C(=O)O. The first kappa shape index (κ1) is 15.0. The molecule has 0 saturated heterocycles. The smallest absolute Gasteiger partial charge is 0.326 e. The largest absolute Gasteiger partial charge is 0.480 e.